The van der Waals surface area contributed by atoms with Crippen LogP contribution in [0.25, 0.3) is 0 Å². The SMILES string of the molecule is O=C(c1ccc(F)cc1[N+](=O)[O-])N1CCC1. The Balaban J connectivity index is 2.38. The Kier molecular flexibility index (Phi) is 2.55. The van der Waals surface area contributed by atoms with Gasteiger partial charge in [0.05, 0.1) is 11.0 Å². The molecule has 1 aliphatic rings. The fourth-order valence-electron chi connectivity index (χ4n) is 1.53. The fraction of sp³-hybridized carbons (Fsp3) is 0.300. The van der Waals surface area contributed by atoms with Crippen molar-refractivity contribution in [1.29, 1.82) is 0 Å². The van der Waals surface area contributed by atoms with E-state index in [-0.39, 0.29) is 5.56 Å². The van der Waals surface area contributed by atoms with Crippen LogP contribution in [-0.2, 0) is 0 Å². The van der Waals surface area contributed by atoms with Gasteiger partial charge >= 0.3 is 0 Å². The second kappa shape index (κ2) is 3.88. The van der Waals surface area contributed by atoms with Crippen LogP contribution < -0.4 is 0 Å². The van der Waals surface area contributed by atoms with Crippen LogP contribution in [0.4, 0.5) is 10.1 Å². The average Bonchev–Trinajstić information content (AvgIpc) is 2.14. The monoisotopic (exact) mass is 224 g/mol. The summed E-state index contributed by atoms with van der Waals surface area (Å²) in [6.07, 6.45) is 0.904. The van der Waals surface area contributed by atoms with Crippen molar-refractivity contribution < 1.29 is 14.1 Å². The standard InChI is InChI=1S/C10H9FN2O3/c11-7-2-3-8(9(6-7)13(15)16)10(14)12-4-1-5-12/h2-3,6H,1,4-5H2. The third-order valence-electron chi connectivity index (χ3n) is 2.53. The third kappa shape index (κ3) is 1.73. The molecule has 84 valence electrons. The van der Waals surface area contributed by atoms with Crippen molar-refractivity contribution in [2.45, 2.75) is 6.42 Å². The molecule has 0 unspecified atom stereocenters. The number of likely N-dealkylation sites (tertiary alicyclic amines) is 1. The van der Waals surface area contributed by atoms with Crippen molar-refractivity contribution in [3.8, 4) is 0 Å². The van der Waals surface area contributed by atoms with E-state index < -0.39 is 22.3 Å². The van der Waals surface area contributed by atoms with Gasteiger partial charge in [-0.1, -0.05) is 0 Å². The highest BCUT2D eigenvalue weighted by atomic mass is 19.1. The van der Waals surface area contributed by atoms with Crippen LogP contribution in [0.3, 0.4) is 0 Å². The number of hydrogen-bond donors (Lipinski definition) is 0. The summed E-state index contributed by atoms with van der Waals surface area (Å²) in [7, 11) is 0. The molecule has 16 heavy (non-hydrogen) atoms. The molecule has 6 heteroatoms. The molecule has 1 fully saturated rings. The van der Waals surface area contributed by atoms with Crippen molar-refractivity contribution in [1.82, 2.24) is 4.90 Å². The van der Waals surface area contributed by atoms with E-state index in [1.165, 1.54) is 4.90 Å². The predicted octanol–water partition coefficient (Wildman–Crippen LogP) is 1.58. The van der Waals surface area contributed by atoms with Crippen molar-refractivity contribution >= 4 is 11.6 Å². The van der Waals surface area contributed by atoms with Gasteiger partial charge in [-0.2, -0.15) is 0 Å². The summed E-state index contributed by atoms with van der Waals surface area (Å²) in [6.45, 7) is 1.21. The average molecular weight is 224 g/mol. The number of carbonyl (C=O) groups excluding carboxylic acids is 1. The molecular formula is C10H9FN2O3. The molecule has 1 aromatic rings. The highest BCUT2D eigenvalue weighted by molar-refractivity contribution is 5.98. The number of amides is 1. The molecule has 1 saturated heterocycles. The summed E-state index contributed by atoms with van der Waals surface area (Å²) in [5.74, 6) is -1.12. The van der Waals surface area contributed by atoms with Crippen LogP contribution in [-0.4, -0.2) is 28.8 Å². The van der Waals surface area contributed by atoms with E-state index in [2.05, 4.69) is 0 Å². The van der Waals surface area contributed by atoms with E-state index in [9.17, 15) is 19.3 Å². The highest BCUT2D eigenvalue weighted by Gasteiger charge is 2.28. The second-order valence-corrected chi connectivity index (χ2v) is 3.56. The van der Waals surface area contributed by atoms with Gasteiger partial charge in [-0.15, -0.1) is 0 Å². The first-order valence-electron chi connectivity index (χ1n) is 4.83. The molecule has 0 radical (unpaired) electrons. The summed E-state index contributed by atoms with van der Waals surface area (Å²) < 4.78 is 12.8. The van der Waals surface area contributed by atoms with Gasteiger partial charge in [-0.25, -0.2) is 4.39 Å². The van der Waals surface area contributed by atoms with E-state index >= 15 is 0 Å². The number of halogens is 1. The zero-order valence-electron chi connectivity index (χ0n) is 8.35. The summed E-state index contributed by atoms with van der Waals surface area (Å²) in [6, 6.07) is 2.99. The first-order chi connectivity index (χ1) is 7.59. The van der Waals surface area contributed by atoms with Gasteiger partial charge < -0.3 is 4.90 Å². The van der Waals surface area contributed by atoms with Crippen LogP contribution >= 0.6 is 0 Å². The number of nitro groups is 1. The van der Waals surface area contributed by atoms with Gasteiger partial charge in [0.15, 0.2) is 0 Å². The minimum Gasteiger partial charge on any atom is -0.338 e. The smallest absolute Gasteiger partial charge is 0.285 e. The number of benzene rings is 1. The normalized spacial score (nSPS) is 14.4. The van der Waals surface area contributed by atoms with Gasteiger partial charge in [0.1, 0.15) is 11.4 Å². The number of rotatable bonds is 2. The van der Waals surface area contributed by atoms with Crippen LogP contribution in [0.5, 0.6) is 0 Å². The molecule has 0 aromatic heterocycles. The molecular weight excluding hydrogens is 215 g/mol. The number of nitrogens with zero attached hydrogens (tertiary/aromatic N) is 2. The lowest BCUT2D eigenvalue weighted by Crippen LogP contribution is -2.42. The van der Waals surface area contributed by atoms with Crippen molar-refractivity contribution in [3.05, 3.63) is 39.7 Å². The minimum atomic E-state index is -0.740. The quantitative estimate of drug-likeness (QED) is 0.566. The molecule has 1 heterocycles. The number of hydrogen-bond acceptors (Lipinski definition) is 3. The first-order valence-corrected chi connectivity index (χ1v) is 4.83. The molecule has 0 atom stereocenters. The largest absolute Gasteiger partial charge is 0.338 e. The Morgan fingerprint density at radius 2 is 2.12 bits per heavy atom. The minimum absolute atomic E-state index is 0.0499. The highest BCUT2D eigenvalue weighted by Crippen LogP contribution is 2.23. The fourth-order valence-corrected chi connectivity index (χ4v) is 1.53. The Hall–Kier alpha value is -1.98. The van der Waals surface area contributed by atoms with Crippen LogP contribution in [0.15, 0.2) is 18.2 Å². The lowest BCUT2D eigenvalue weighted by Gasteiger charge is -2.30. The third-order valence-corrected chi connectivity index (χ3v) is 2.53. The number of nitro benzene ring substituents is 1. The number of carbonyl (C=O) groups is 1. The molecule has 5 nitrogen and oxygen atoms in total. The maximum atomic E-state index is 12.8. The van der Waals surface area contributed by atoms with Crippen molar-refractivity contribution in [2.75, 3.05) is 13.1 Å². The maximum absolute atomic E-state index is 12.8. The van der Waals surface area contributed by atoms with Gasteiger partial charge in [-0.05, 0) is 18.6 Å². The van der Waals surface area contributed by atoms with E-state index in [0.29, 0.717) is 13.1 Å². The molecule has 0 saturated carbocycles. The molecule has 1 aromatic carbocycles. The van der Waals surface area contributed by atoms with Gasteiger partial charge in [-0.3, -0.25) is 14.9 Å². The Morgan fingerprint density at radius 3 is 2.62 bits per heavy atom. The summed E-state index contributed by atoms with van der Waals surface area (Å²) in [5.41, 5.74) is -0.525. The van der Waals surface area contributed by atoms with Gasteiger partial charge in [0.2, 0.25) is 0 Å². The zero-order chi connectivity index (χ0) is 11.7. The molecule has 0 N–H and O–H groups in total. The van der Waals surface area contributed by atoms with Gasteiger partial charge in [0, 0.05) is 13.1 Å². The second-order valence-electron chi connectivity index (χ2n) is 3.56. The van der Waals surface area contributed by atoms with E-state index in [1.54, 1.807) is 0 Å². The summed E-state index contributed by atoms with van der Waals surface area (Å²) >= 11 is 0. The predicted molar refractivity (Wildman–Crippen MR) is 53.6 cm³/mol. The van der Waals surface area contributed by atoms with Crippen LogP contribution in [0.2, 0.25) is 0 Å². The Bertz CT molecular complexity index is 457. The summed E-state index contributed by atoms with van der Waals surface area (Å²) in [4.78, 5) is 23.2. The lowest BCUT2D eigenvalue weighted by molar-refractivity contribution is -0.385. The molecule has 0 bridgehead atoms. The molecule has 2 rings (SSSR count). The molecule has 0 spiro atoms. The van der Waals surface area contributed by atoms with E-state index in [0.717, 1.165) is 24.6 Å². The molecule has 0 aliphatic carbocycles. The molecule has 1 aliphatic heterocycles. The Morgan fingerprint density at radius 1 is 1.44 bits per heavy atom. The van der Waals surface area contributed by atoms with Gasteiger partial charge in [0.25, 0.3) is 11.6 Å². The zero-order valence-corrected chi connectivity index (χ0v) is 8.35. The van der Waals surface area contributed by atoms with E-state index in [1.807, 2.05) is 0 Å². The van der Waals surface area contributed by atoms with Crippen LogP contribution in [0, 0.1) is 15.9 Å². The topological polar surface area (TPSA) is 63.4 Å². The molecule has 1 amide bonds. The maximum Gasteiger partial charge on any atom is 0.285 e. The van der Waals surface area contributed by atoms with Crippen molar-refractivity contribution in [2.24, 2.45) is 0 Å². The summed E-state index contributed by atoms with van der Waals surface area (Å²) in [5, 5.41) is 10.7. The Labute approximate surface area is 90.6 Å². The van der Waals surface area contributed by atoms with Crippen molar-refractivity contribution in [3.63, 3.8) is 0 Å². The first kappa shape index (κ1) is 10.5. The van der Waals surface area contributed by atoms with E-state index in [4.69, 9.17) is 0 Å². The van der Waals surface area contributed by atoms with Crippen LogP contribution in [0.1, 0.15) is 16.8 Å². The lowest BCUT2D eigenvalue weighted by atomic mass is 10.1.